The van der Waals surface area contributed by atoms with E-state index in [-0.39, 0.29) is 17.3 Å². The Morgan fingerprint density at radius 2 is 1.57 bits per heavy atom. The summed E-state index contributed by atoms with van der Waals surface area (Å²) in [4.78, 5) is 27.7. The number of hydrogen-bond acceptors (Lipinski definition) is 4. The third kappa shape index (κ3) is 7.17. The highest BCUT2D eigenvalue weighted by atomic mass is 35.5. The van der Waals surface area contributed by atoms with E-state index in [0.29, 0.717) is 32.9 Å². The molecule has 1 N–H and O–H groups in total. The van der Waals surface area contributed by atoms with Crippen molar-refractivity contribution in [2.45, 2.75) is 31.3 Å². The number of carbonyl (C=O) groups excluding carboxylic acids is 2. The van der Waals surface area contributed by atoms with E-state index in [1.54, 1.807) is 62.4 Å². The van der Waals surface area contributed by atoms with Crippen LogP contribution >= 0.6 is 34.8 Å². The number of likely N-dealkylation sites (N-methyl/N-ethyl adjacent to an activating group) is 1. The number of nitrogens with one attached hydrogen (secondary N) is 1. The molecule has 7 nitrogen and oxygen atoms in total. The van der Waals surface area contributed by atoms with Crippen LogP contribution in [0.4, 0.5) is 5.69 Å². The summed E-state index contributed by atoms with van der Waals surface area (Å²) in [7, 11) is -4.15. The molecule has 0 bridgehead atoms. The van der Waals surface area contributed by atoms with E-state index >= 15 is 0 Å². The molecule has 3 rings (SSSR count). The molecule has 0 aliphatic rings. The van der Waals surface area contributed by atoms with E-state index in [2.05, 4.69) is 5.32 Å². The van der Waals surface area contributed by atoms with Crippen molar-refractivity contribution in [2.75, 3.05) is 17.4 Å². The molecule has 1 atom stereocenters. The van der Waals surface area contributed by atoms with Crippen molar-refractivity contribution in [3.63, 3.8) is 0 Å². The first-order chi connectivity index (χ1) is 17.5. The van der Waals surface area contributed by atoms with Gasteiger partial charge in [0.1, 0.15) is 12.6 Å². The summed E-state index contributed by atoms with van der Waals surface area (Å²) in [6, 6.07) is 18.0. The highest BCUT2D eigenvalue weighted by molar-refractivity contribution is 7.92. The summed E-state index contributed by atoms with van der Waals surface area (Å²) < 4.78 is 28.3. The molecular weight excluding hydrogens is 557 g/mol. The number of carbonyl (C=O) groups is 2. The molecule has 0 saturated heterocycles. The van der Waals surface area contributed by atoms with Gasteiger partial charge in [0, 0.05) is 18.1 Å². The Morgan fingerprint density at radius 3 is 2.16 bits per heavy atom. The minimum absolute atomic E-state index is 0.0116. The summed E-state index contributed by atoms with van der Waals surface area (Å²) in [5, 5.41) is 3.74. The fourth-order valence-electron chi connectivity index (χ4n) is 3.60. The fourth-order valence-corrected chi connectivity index (χ4v) is 5.46. The minimum Gasteiger partial charge on any atom is -0.355 e. The van der Waals surface area contributed by atoms with E-state index in [0.717, 1.165) is 4.31 Å². The van der Waals surface area contributed by atoms with Crippen LogP contribution in [0.1, 0.15) is 19.4 Å². The molecule has 0 saturated carbocycles. The maximum Gasteiger partial charge on any atom is 0.264 e. The van der Waals surface area contributed by atoms with Crippen LogP contribution in [0.25, 0.3) is 0 Å². The second kappa shape index (κ2) is 12.6. The first-order valence-electron chi connectivity index (χ1n) is 11.4. The zero-order valence-electron chi connectivity index (χ0n) is 20.2. The molecule has 2 amide bonds. The predicted octanol–water partition coefficient (Wildman–Crippen LogP) is 5.40. The van der Waals surface area contributed by atoms with Gasteiger partial charge in [0.15, 0.2) is 0 Å². The Bertz CT molecular complexity index is 1350. The molecule has 0 spiro atoms. The second-order valence-corrected chi connectivity index (χ2v) is 11.3. The van der Waals surface area contributed by atoms with Crippen LogP contribution in [-0.4, -0.2) is 44.3 Å². The highest BCUT2D eigenvalue weighted by Gasteiger charge is 2.32. The van der Waals surface area contributed by atoms with E-state index in [1.165, 1.54) is 29.2 Å². The fraction of sp³-hybridized carbons (Fsp3) is 0.231. The number of para-hydroxylation sites is 1. The molecular formula is C26H26Cl3N3O4S. The lowest BCUT2D eigenvalue weighted by Gasteiger charge is -2.32. The molecule has 11 heteroatoms. The molecule has 0 heterocycles. The van der Waals surface area contributed by atoms with Gasteiger partial charge in [0.2, 0.25) is 11.8 Å². The highest BCUT2D eigenvalue weighted by Crippen LogP contribution is 2.26. The maximum absolute atomic E-state index is 13.7. The summed E-state index contributed by atoms with van der Waals surface area (Å²) in [5.41, 5.74) is 0.927. The lowest BCUT2D eigenvalue weighted by atomic mass is 10.1. The summed E-state index contributed by atoms with van der Waals surface area (Å²) >= 11 is 18.1. The lowest BCUT2D eigenvalue weighted by Crippen LogP contribution is -2.51. The Kier molecular flexibility index (Phi) is 9.84. The van der Waals surface area contributed by atoms with E-state index in [1.807, 2.05) is 0 Å². The summed E-state index contributed by atoms with van der Waals surface area (Å²) in [6.07, 6.45) is 0. The smallest absolute Gasteiger partial charge is 0.264 e. The van der Waals surface area contributed by atoms with E-state index in [4.69, 9.17) is 34.8 Å². The van der Waals surface area contributed by atoms with Gasteiger partial charge in [-0.1, -0.05) is 59.1 Å². The lowest BCUT2D eigenvalue weighted by molar-refractivity contribution is -0.139. The molecule has 0 aliphatic heterocycles. The average molecular weight is 583 g/mol. The summed E-state index contributed by atoms with van der Waals surface area (Å²) in [5.74, 6) is -0.950. The van der Waals surface area contributed by atoms with Gasteiger partial charge in [-0.15, -0.1) is 0 Å². The van der Waals surface area contributed by atoms with Crippen LogP contribution in [-0.2, 0) is 26.2 Å². The minimum atomic E-state index is -4.15. The maximum atomic E-state index is 13.7. The van der Waals surface area contributed by atoms with Crippen molar-refractivity contribution in [3.05, 3.63) is 93.4 Å². The predicted molar refractivity (Wildman–Crippen MR) is 148 cm³/mol. The van der Waals surface area contributed by atoms with Crippen LogP contribution in [0.2, 0.25) is 15.1 Å². The van der Waals surface area contributed by atoms with Gasteiger partial charge in [-0.05, 0) is 67.9 Å². The van der Waals surface area contributed by atoms with Crippen molar-refractivity contribution >= 4 is 62.3 Å². The van der Waals surface area contributed by atoms with Gasteiger partial charge in [-0.25, -0.2) is 8.42 Å². The molecule has 0 radical (unpaired) electrons. The van der Waals surface area contributed by atoms with E-state index < -0.39 is 28.5 Å². The Hall–Kier alpha value is -2.78. The van der Waals surface area contributed by atoms with Gasteiger partial charge >= 0.3 is 0 Å². The number of amides is 2. The SMILES string of the molecule is CCNC(=O)[C@H](C)N(Cc1ccc(Cl)c(Cl)c1)C(=O)CN(c1ccccc1)S(=O)(=O)c1ccc(Cl)cc1. The van der Waals surface area contributed by atoms with Crippen LogP contribution in [0, 0.1) is 0 Å². The zero-order chi connectivity index (χ0) is 27.2. The van der Waals surface area contributed by atoms with Gasteiger partial charge in [-0.3, -0.25) is 13.9 Å². The Morgan fingerprint density at radius 1 is 0.919 bits per heavy atom. The quantitative estimate of drug-likeness (QED) is 0.347. The Balaban J connectivity index is 2.01. The van der Waals surface area contributed by atoms with Crippen LogP contribution in [0.3, 0.4) is 0 Å². The van der Waals surface area contributed by atoms with Gasteiger partial charge < -0.3 is 10.2 Å². The van der Waals surface area contributed by atoms with Crippen molar-refractivity contribution in [1.29, 1.82) is 0 Å². The van der Waals surface area contributed by atoms with Crippen molar-refractivity contribution < 1.29 is 18.0 Å². The number of benzene rings is 3. The van der Waals surface area contributed by atoms with Gasteiger partial charge in [0.05, 0.1) is 20.6 Å². The number of nitrogens with zero attached hydrogens (tertiary/aromatic N) is 2. The molecule has 3 aromatic rings. The van der Waals surface area contributed by atoms with Crippen molar-refractivity contribution in [3.8, 4) is 0 Å². The standard InChI is InChI=1S/C26H26Cl3N3O4S/c1-3-30-26(34)18(2)31(16-19-9-14-23(28)24(29)15-19)25(33)17-32(21-7-5-4-6-8-21)37(35,36)22-12-10-20(27)11-13-22/h4-15,18H,3,16-17H2,1-2H3,(H,30,34)/t18-/m0/s1. The number of hydrogen-bond donors (Lipinski definition) is 1. The molecule has 0 fully saturated rings. The molecule has 37 heavy (non-hydrogen) atoms. The van der Waals surface area contributed by atoms with E-state index in [9.17, 15) is 18.0 Å². The van der Waals surface area contributed by atoms with Crippen LogP contribution < -0.4 is 9.62 Å². The third-order valence-corrected chi connectivity index (χ3v) is 8.36. The monoisotopic (exact) mass is 581 g/mol. The molecule has 196 valence electrons. The number of sulfonamides is 1. The van der Waals surface area contributed by atoms with Crippen LogP contribution in [0.15, 0.2) is 77.7 Å². The van der Waals surface area contributed by atoms with Gasteiger partial charge in [-0.2, -0.15) is 0 Å². The van der Waals surface area contributed by atoms with Gasteiger partial charge in [0.25, 0.3) is 10.0 Å². The van der Waals surface area contributed by atoms with Crippen LogP contribution in [0.5, 0.6) is 0 Å². The first-order valence-corrected chi connectivity index (χ1v) is 14.0. The first kappa shape index (κ1) is 28.8. The molecule has 0 unspecified atom stereocenters. The topological polar surface area (TPSA) is 86.8 Å². The normalized spacial score (nSPS) is 12.0. The second-order valence-electron chi connectivity index (χ2n) is 8.14. The number of halogens is 3. The zero-order valence-corrected chi connectivity index (χ0v) is 23.3. The molecule has 0 aromatic heterocycles. The average Bonchev–Trinajstić information content (AvgIpc) is 2.88. The number of rotatable bonds is 10. The summed E-state index contributed by atoms with van der Waals surface area (Å²) in [6.45, 7) is 3.20. The molecule has 3 aromatic carbocycles. The largest absolute Gasteiger partial charge is 0.355 e. The van der Waals surface area contributed by atoms with Crippen molar-refractivity contribution in [1.82, 2.24) is 10.2 Å². The Labute approximate surface area is 232 Å². The molecule has 0 aliphatic carbocycles. The number of anilines is 1. The van der Waals surface area contributed by atoms with Crippen molar-refractivity contribution in [2.24, 2.45) is 0 Å². The third-order valence-electron chi connectivity index (χ3n) is 5.58.